The normalized spacial score (nSPS) is 40.1. The molecule has 0 aliphatic heterocycles. The molecule has 0 spiro atoms. The summed E-state index contributed by atoms with van der Waals surface area (Å²) in [5.74, 6) is -0.363. The van der Waals surface area contributed by atoms with Gasteiger partial charge in [0.25, 0.3) is 5.91 Å². The third-order valence-electron chi connectivity index (χ3n) is 9.90. The number of allylic oxidation sites excluding steroid dienone is 2. The quantitative estimate of drug-likeness (QED) is 0.311. The molecule has 0 bridgehead atoms. The molecule has 0 saturated heterocycles. The molecule has 4 aliphatic carbocycles. The van der Waals surface area contributed by atoms with Crippen LogP contribution in [0.2, 0.25) is 0 Å². The maximum absolute atomic E-state index is 12.4. The van der Waals surface area contributed by atoms with E-state index in [2.05, 4.69) is 43.0 Å². The van der Waals surface area contributed by atoms with Gasteiger partial charge in [-0.2, -0.15) is 12.6 Å². The van der Waals surface area contributed by atoms with Crippen LogP contribution in [-0.4, -0.2) is 57.6 Å². The molecule has 0 aromatic carbocycles. The molecular weight excluding hydrogens is 468 g/mol. The third kappa shape index (κ3) is 4.32. The number of thiol groups is 1. The van der Waals surface area contributed by atoms with Crippen molar-refractivity contribution in [2.75, 3.05) is 12.4 Å². The molecule has 3 fully saturated rings. The molecule has 4 aliphatic rings. The van der Waals surface area contributed by atoms with Gasteiger partial charge < -0.3 is 20.4 Å². The number of nitrogens with zero attached hydrogens (tertiary/aromatic N) is 1. The van der Waals surface area contributed by atoms with Crippen LogP contribution in [0.3, 0.4) is 0 Å². The highest BCUT2D eigenvalue weighted by Crippen LogP contribution is 2.67. The van der Waals surface area contributed by atoms with Crippen molar-refractivity contribution in [1.82, 2.24) is 5.32 Å². The Kier molecular flexibility index (Phi) is 7.14. The molecule has 3 saturated carbocycles. The van der Waals surface area contributed by atoms with E-state index >= 15 is 0 Å². The molecule has 4 rings (SSSR count). The van der Waals surface area contributed by atoms with E-state index in [-0.39, 0.29) is 29.0 Å². The molecule has 9 heteroatoms. The van der Waals surface area contributed by atoms with E-state index < -0.39 is 23.5 Å². The lowest BCUT2D eigenvalue weighted by Gasteiger charge is -2.59. The topological polar surface area (TPSA) is 125 Å². The number of carbonyl (C=O) groups is 3. The maximum Gasteiger partial charge on any atom is 0.327 e. The summed E-state index contributed by atoms with van der Waals surface area (Å²) in [7, 11) is 0. The number of hydrogen-bond donors (Lipinski definition) is 4. The van der Waals surface area contributed by atoms with E-state index in [0.717, 1.165) is 50.7 Å². The third-order valence-corrected chi connectivity index (χ3v) is 10.3. The molecule has 0 aromatic rings. The van der Waals surface area contributed by atoms with Crippen LogP contribution in [0.1, 0.15) is 72.1 Å². The molecule has 8 nitrogen and oxygen atoms in total. The van der Waals surface area contributed by atoms with Crippen LogP contribution in [0.4, 0.5) is 0 Å². The summed E-state index contributed by atoms with van der Waals surface area (Å²) in [6.07, 6.45) is 9.23. The number of carboxylic acid groups (broad SMARTS) is 1. The van der Waals surface area contributed by atoms with E-state index in [4.69, 9.17) is 9.94 Å². The van der Waals surface area contributed by atoms with Gasteiger partial charge in [-0.25, -0.2) is 4.79 Å². The van der Waals surface area contributed by atoms with Gasteiger partial charge in [0.15, 0.2) is 12.4 Å². The SMILES string of the molecule is CC(=O)[C@@]1(O)CC[C@H]2[C@@H]3CCC4=C/C(=N\OCC(=O)N[C@H](CS)C(=O)O)CC[C@]4(C)[C@H]3CC[C@@]21C. The van der Waals surface area contributed by atoms with Gasteiger partial charge in [-0.05, 0) is 87.5 Å². The minimum Gasteiger partial charge on any atom is -0.480 e. The number of aliphatic carboxylic acids is 1. The molecule has 0 radical (unpaired) electrons. The van der Waals surface area contributed by atoms with Gasteiger partial charge in [-0.1, -0.05) is 24.6 Å². The van der Waals surface area contributed by atoms with Crippen LogP contribution in [0, 0.1) is 28.6 Å². The lowest BCUT2D eigenvalue weighted by atomic mass is 9.46. The van der Waals surface area contributed by atoms with Crippen molar-refractivity contribution in [2.24, 2.45) is 33.7 Å². The smallest absolute Gasteiger partial charge is 0.327 e. The van der Waals surface area contributed by atoms with Crippen molar-refractivity contribution < 1.29 is 29.4 Å². The highest BCUT2D eigenvalue weighted by atomic mass is 32.1. The van der Waals surface area contributed by atoms with Crippen LogP contribution in [0.15, 0.2) is 16.8 Å². The first-order valence-corrected chi connectivity index (χ1v) is 13.4. The number of carboxylic acids is 1. The second-order valence-electron chi connectivity index (χ2n) is 11.4. The standard InChI is InChI=1S/C26H38N2O6S/c1-15(29)26(33)11-8-20-18-5-4-16-12-17(28-34-13-22(30)27-21(14-35)23(31)32)6-9-24(16,2)19(18)7-10-25(20,26)3/h12,18-21,33,35H,4-11,13-14H2,1-3H3,(H,27,30)(H,31,32)/b28-17-/t18-,19+,20+,21-,24+,25+,26+/m1/s1. The zero-order valence-electron chi connectivity index (χ0n) is 20.9. The highest BCUT2D eigenvalue weighted by Gasteiger charge is 2.65. The second kappa shape index (κ2) is 9.54. The second-order valence-corrected chi connectivity index (χ2v) is 11.8. The summed E-state index contributed by atoms with van der Waals surface area (Å²) in [5.41, 5.74) is 0.729. The molecule has 3 N–H and O–H groups in total. The Hall–Kier alpha value is -1.87. The fraction of sp³-hybridized carbons (Fsp3) is 0.769. The number of amides is 1. The number of ketones is 1. The predicted molar refractivity (Wildman–Crippen MR) is 134 cm³/mol. The summed E-state index contributed by atoms with van der Waals surface area (Å²) >= 11 is 3.93. The largest absolute Gasteiger partial charge is 0.480 e. The summed E-state index contributed by atoms with van der Waals surface area (Å²) in [4.78, 5) is 40.6. The molecule has 194 valence electrons. The van der Waals surface area contributed by atoms with Crippen molar-refractivity contribution in [1.29, 1.82) is 0 Å². The molecule has 1 amide bonds. The van der Waals surface area contributed by atoms with E-state index in [1.165, 1.54) is 5.57 Å². The Morgan fingerprint density at radius 2 is 1.89 bits per heavy atom. The van der Waals surface area contributed by atoms with E-state index in [0.29, 0.717) is 24.2 Å². The Morgan fingerprint density at radius 1 is 1.17 bits per heavy atom. The molecular formula is C26H38N2O6S. The fourth-order valence-corrected chi connectivity index (χ4v) is 8.08. The van der Waals surface area contributed by atoms with Crippen LogP contribution in [-0.2, 0) is 19.2 Å². The Balaban J connectivity index is 1.43. The van der Waals surface area contributed by atoms with Crippen LogP contribution < -0.4 is 5.32 Å². The lowest BCUT2D eigenvalue weighted by molar-refractivity contribution is -0.159. The summed E-state index contributed by atoms with van der Waals surface area (Å²) in [6.45, 7) is 5.70. The fourth-order valence-electron chi connectivity index (χ4n) is 7.83. The number of carbonyl (C=O) groups excluding carboxylic acids is 2. The Labute approximate surface area is 212 Å². The molecule has 0 aromatic heterocycles. The maximum atomic E-state index is 12.4. The zero-order valence-corrected chi connectivity index (χ0v) is 21.8. The zero-order chi connectivity index (χ0) is 25.6. The van der Waals surface area contributed by atoms with Crippen molar-refractivity contribution in [3.8, 4) is 0 Å². The van der Waals surface area contributed by atoms with Crippen molar-refractivity contribution in [3.05, 3.63) is 11.6 Å². The number of fused-ring (bicyclic) bond motifs is 5. The predicted octanol–water partition coefficient (Wildman–Crippen LogP) is 3.14. The van der Waals surface area contributed by atoms with Gasteiger partial charge >= 0.3 is 5.97 Å². The Morgan fingerprint density at radius 3 is 2.54 bits per heavy atom. The lowest BCUT2D eigenvalue weighted by Crippen LogP contribution is -2.57. The first-order valence-electron chi connectivity index (χ1n) is 12.7. The van der Waals surface area contributed by atoms with Gasteiger partial charge in [0.05, 0.1) is 5.71 Å². The first-order chi connectivity index (χ1) is 16.5. The average Bonchev–Trinajstić information content (AvgIpc) is 3.09. The van der Waals surface area contributed by atoms with Gasteiger partial charge in [-0.15, -0.1) is 0 Å². The molecule has 0 heterocycles. The van der Waals surface area contributed by atoms with Crippen LogP contribution in [0.5, 0.6) is 0 Å². The van der Waals surface area contributed by atoms with Crippen LogP contribution >= 0.6 is 12.6 Å². The number of aliphatic hydroxyl groups is 1. The van der Waals surface area contributed by atoms with E-state index in [1.807, 2.05) is 0 Å². The number of nitrogens with one attached hydrogen (secondary N) is 1. The Bertz CT molecular complexity index is 965. The summed E-state index contributed by atoms with van der Waals surface area (Å²) in [6, 6.07) is -1.06. The number of rotatable bonds is 7. The van der Waals surface area contributed by atoms with Crippen molar-refractivity contribution >= 4 is 36.0 Å². The average molecular weight is 507 g/mol. The molecule has 0 unspecified atom stereocenters. The van der Waals surface area contributed by atoms with E-state index in [1.54, 1.807) is 6.92 Å². The number of Topliss-reactive ketones (excluding diaryl/α,β-unsaturated/α-hetero) is 1. The molecule has 7 atom stereocenters. The van der Waals surface area contributed by atoms with Gasteiger partial charge in [0.2, 0.25) is 0 Å². The summed E-state index contributed by atoms with van der Waals surface area (Å²) < 4.78 is 0. The van der Waals surface area contributed by atoms with Gasteiger partial charge in [0, 0.05) is 11.2 Å². The monoisotopic (exact) mass is 506 g/mol. The minimum absolute atomic E-state index is 0.00349. The van der Waals surface area contributed by atoms with Gasteiger partial charge in [-0.3, -0.25) is 9.59 Å². The van der Waals surface area contributed by atoms with Gasteiger partial charge in [0.1, 0.15) is 11.6 Å². The van der Waals surface area contributed by atoms with Crippen molar-refractivity contribution in [2.45, 2.75) is 83.8 Å². The first kappa shape index (κ1) is 26.2. The van der Waals surface area contributed by atoms with E-state index in [9.17, 15) is 19.5 Å². The number of hydrogen-bond acceptors (Lipinski definition) is 7. The van der Waals surface area contributed by atoms with Crippen molar-refractivity contribution in [3.63, 3.8) is 0 Å². The number of oxime groups is 1. The highest BCUT2D eigenvalue weighted by molar-refractivity contribution is 7.80. The van der Waals surface area contributed by atoms with Crippen LogP contribution in [0.25, 0.3) is 0 Å². The summed E-state index contributed by atoms with van der Waals surface area (Å²) in [5, 5.41) is 26.8. The molecule has 35 heavy (non-hydrogen) atoms. The minimum atomic E-state index is -1.19.